The SMILES string of the molecule is CCCc1cccc(N(CCC(=O)OCC#N)N=Nc2c([N+](=O)[O-])csc2[N+](=O)[O-])c1. The Balaban J connectivity index is 2.37. The Hall–Kier alpha value is -3.92. The highest BCUT2D eigenvalue weighted by Gasteiger charge is 2.29. The van der Waals surface area contributed by atoms with E-state index in [0.717, 1.165) is 23.8 Å². The summed E-state index contributed by atoms with van der Waals surface area (Å²) >= 11 is 0.579. The van der Waals surface area contributed by atoms with Crippen molar-refractivity contribution in [1.29, 1.82) is 5.26 Å². The fraction of sp³-hybridized carbons (Fsp3) is 0.333. The van der Waals surface area contributed by atoms with Gasteiger partial charge in [-0.25, -0.2) is 5.01 Å². The zero-order valence-electron chi connectivity index (χ0n) is 16.5. The van der Waals surface area contributed by atoms with Gasteiger partial charge < -0.3 is 4.74 Å². The molecule has 1 aromatic heterocycles. The number of nitro groups is 2. The first kappa shape index (κ1) is 23.4. The second kappa shape index (κ2) is 11.3. The summed E-state index contributed by atoms with van der Waals surface area (Å²) in [7, 11) is 0. The minimum absolute atomic E-state index is 0.0188. The lowest BCUT2D eigenvalue weighted by Gasteiger charge is -2.18. The second-order valence-corrected chi connectivity index (χ2v) is 6.95. The molecule has 12 nitrogen and oxygen atoms in total. The highest BCUT2D eigenvalue weighted by molar-refractivity contribution is 7.14. The molecular formula is C18H18N6O6S. The highest BCUT2D eigenvalue weighted by Crippen LogP contribution is 2.43. The summed E-state index contributed by atoms with van der Waals surface area (Å²) in [6.07, 6.45) is 1.55. The quantitative estimate of drug-likeness (QED) is 0.211. The zero-order valence-corrected chi connectivity index (χ0v) is 17.3. The average Bonchev–Trinajstić information content (AvgIpc) is 3.17. The molecule has 0 saturated heterocycles. The molecule has 0 amide bonds. The number of ether oxygens (including phenoxy) is 1. The van der Waals surface area contributed by atoms with Crippen molar-refractivity contribution in [3.05, 3.63) is 55.4 Å². The van der Waals surface area contributed by atoms with E-state index in [4.69, 9.17) is 10.00 Å². The van der Waals surface area contributed by atoms with Gasteiger partial charge in [-0.15, -0.1) is 5.11 Å². The van der Waals surface area contributed by atoms with Gasteiger partial charge in [0.25, 0.3) is 5.69 Å². The van der Waals surface area contributed by atoms with Gasteiger partial charge in [-0.3, -0.25) is 25.0 Å². The molecule has 0 unspecified atom stereocenters. The first-order chi connectivity index (χ1) is 14.9. The molecule has 0 aliphatic heterocycles. The highest BCUT2D eigenvalue weighted by atomic mass is 32.1. The summed E-state index contributed by atoms with van der Waals surface area (Å²) in [5.74, 6) is -0.640. The predicted molar refractivity (Wildman–Crippen MR) is 111 cm³/mol. The van der Waals surface area contributed by atoms with Crippen molar-refractivity contribution in [3.8, 4) is 6.07 Å². The molecule has 0 bridgehead atoms. The molecule has 13 heteroatoms. The summed E-state index contributed by atoms with van der Waals surface area (Å²) in [4.78, 5) is 32.6. The Morgan fingerprint density at radius 3 is 2.74 bits per heavy atom. The molecule has 0 spiro atoms. The number of rotatable bonds is 11. The Kier molecular flexibility index (Phi) is 8.52. The largest absolute Gasteiger partial charge is 0.450 e. The Labute approximate surface area is 180 Å². The molecule has 0 atom stereocenters. The fourth-order valence-corrected chi connectivity index (χ4v) is 3.32. The van der Waals surface area contributed by atoms with E-state index in [1.54, 1.807) is 18.2 Å². The number of esters is 1. The van der Waals surface area contributed by atoms with Crippen molar-refractivity contribution in [2.45, 2.75) is 26.2 Å². The summed E-state index contributed by atoms with van der Waals surface area (Å²) in [6, 6.07) is 8.91. The second-order valence-electron chi connectivity index (χ2n) is 6.09. The molecule has 2 rings (SSSR count). The molecule has 0 fully saturated rings. The molecule has 0 aliphatic rings. The molecule has 0 saturated carbocycles. The van der Waals surface area contributed by atoms with Gasteiger partial charge in [-0.05, 0) is 24.1 Å². The first-order valence-corrected chi connectivity index (χ1v) is 9.96. The number of hydrogen-bond acceptors (Lipinski definition) is 10. The summed E-state index contributed by atoms with van der Waals surface area (Å²) < 4.78 is 4.72. The number of thiophene rings is 1. The van der Waals surface area contributed by atoms with Gasteiger partial charge >= 0.3 is 16.7 Å². The molecule has 31 heavy (non-hydrogen) atoms. The molecule has 2 aromatic rings. The molecule has 1 heterocycles. The molecule has 0 radical (unpaired) electrons. The maximum Gasteiger partial charge on any atom is 0.358 e. The molecule has 162 valence electrons. The number of anilines is 1. The van der Waals surface area contributed by atoms with Gasteiger partial charge in [0, 0.05) is 0 Å². The van der Waals surface area contributed by atoms with E-state index in [-0.39, 0.29) is 19.6 Å². The summed E-state index contributed by atoms with van der Waals surface area (Å²) in [5.41, 5.74) is 0.540. The Bertz CT molecular complexity index is 999. The normalized spacial score (nSPS) is 10.6. The van der Waals surface area contributed by atoms with Crippen molar-refractivity contribution in [2.24, 2.45) is 10.3 Å². The molecule has 0 N–H and O–H groups in total. The van der Waals surface area contributed by atoms with Crippen LogP contribution in [0.3, 0.4) is 0 Å². The lowest BCUT2D eigenvalue weighted by atomic mass is 10.1. The van der Waals surface area contributed by atoms with E-state index < -0.39 is 32.2 Å². The van der Waals surface area contributed by atoms with Gasteiger partial charge in [-0.2, -0.15) is 5.26 Å². The maximum atomic E-state index is 11.8. The third-order valence-corrected chi connectivity index (χ3v) is 4.82. The third kappa shape index (κ3) is 6.54. The van der Waals surface area contributed by atoms with Gasteiger partial charge in [0.2, 0.25) is 0 Å². The number of nitrogens with zero attached hydrogens (tertiary/aromatic N) is 6. The molecule has 1 aromatic carbocycles. The van der Waals surface area contributed by atoms with Crippen LogP contribution >= 0.6 is 11.3 Å². The van der Waals surface area contributed by atoms with Crippen LogP contribution in [0, 0.1) is 31.6 Å². The number of aryl methyl sites for hydroxylation is 1. The van der Waals surface area contributed by atoms with Crippen LogP contribution in [-0.4, -0.2) is 29.0 Å². The van der Waals surface area contributed by atoms with Crippen molar-refractivity contribution < 1.29 is 19.4 Å². The van der Waals surface area contributed by atoms with Crippen molar-refractivity contribution in [3.63, 3.8) is 0 Å². The third-order valence-electron chi connectivity index (χ3n) is 3.92. The number of benzene rings is 1. The minimum atomic E-state index is -0.774. The van der Waals surface area contributed by atoms with Crippen LogP contribution in [0.15, 0.2) is 40.0 Å². The standard InChI is InChI=1S/C18H18N6O6S/c1-2-4-13-5-3-6-14(11-13)22(9-7-16(25)30-10-8-19)21-20-17-15(23(26)27)12-31-18(17)24(28)29/h3,5-6,11-12H,2,4,7,9-10H2,1H3. The van der Waals surface area contributed by atoms with Gasteiger partial charge in [0.1, 0.15) is 6.07 Å². The average molecular weight is 446 g/mol. The van der Waals surface area contributed by atoms with Crippen LogP contribution in [0.25, 0.3) is 0 Å². The lowest BCUT2D eigenvalue weighted by molar-refractivity contribution is -0.388. The van der Waals surface area contributed by atoms with Crippen molar-refractivity contribution in [2.75, 3.05) is 18.2 Å². The smallest absolute Gasteiger partial charge is 0.358 e. The minimum Gasteiger partial charge on any atom is -0.450 e. The van der Waals surface area contributed by atoms with Crippen molar-refractivity contribution in [1.82, 2.24) is 0 Å². The van der Waals surface area contributed by atoms with E-state index in [2.05, 4.69) is 10.3 Å². The summed E-state index contributed by atoms with van der Waals surface area (Å²) in [5, 5.41) is 40.4. The fourth-order valence-electron chi connectivity index (χ4n) is 2.55. The van der Waals surface area contributed by atoms with Crippen LogP contribution in [0.4, 0.5) is 22.1 Å². The van der Waals surface area contributed by atoms with Crippen LogP contribution in [-0.2, 0) is 16.0 Å². The first-order valence-electron chi connectivity index (χ1n) is 9.08. The number of carbonyl (C=O) groups is 1. The Morgan fingerprint density at radius 2 is 2.10 bits per heavy atom. The van der Waals surface area contributed by atoms with Crippen molar-refractivity contribution >= 4 is 39.4 Å². The summed E-state index contributed by atoms with van der Waals surface area (Å²) in [6.45, 7) is 1.61. The molecule has 0 aliphatic carbocycles. The number of nitriles is 1. The van der Waals surface area contributed by atoms with Crippen LogP contribution < -0.4 is 5.01 Å². The van der Waals surface area contributed by atoms with Crippen LogP contribution in [0.5, 0.6) is 0 Å². The zero-order chi connectivity index (χ0) is 22.8. The number of carbonyl (C=O) groups excluding carboxylic acids is 1. The monoisotopic (exact) mass is 446 g/mol. The van der Waals surface area contributed by atoms with E-state index in [9.17, 15) is 25.0 Å². The Morgan fingerprint density at radius 1 is 1.32 bits per heavy atom. The van der Waals surface area contributed by atoms with E-state index in [1.807, 2.05) is 19.1 Å². The number of hydrogen-bond donors (Lipinski definition) is 0. The maximum absolute atomic E-state index is 11.8. The van der Waals surface area contributed by atoms with E-state index >= 15 is 0 Å². The van der Waals surface area contributed by atoms with Gasteiger partial charge in [0.05, 0.1) is 33.9 Å². The molecular weight excluding hydrogens is 428 g/mol. The predicted octanol–water partition coefficient (Wildman–Crippen LogP) is 4.48. The lowest BCUT2D eigenvalue weighted by Crippen LogP contribution is -2.21. The van der Waals surface area contributed by atoms with E-state index in [0.29, 0.717) is 17.0 Å². The van der Waals surface area contributed by atoms with Gasteiger partial charge in [-0.1, -0.05) is 42.0 Å². The van der Waals surface area contributed by atoms with Crippen LogP contribution in [0.2, 0.25) is 0 Å². The van der Waals surface area contributed by atoms with Gasteiger partial charge in [0.15, 0.2) is 6.61 Å². The van der Waals surface area contributed by atoms with E-state index in [1.165, 1.54) is 5.01 Å². The van der Waals surface area contributed by atoms with Crippen LogP contribution in [0.1, 0.15) is 25.3 Å². The topological polar surface area (TPSA) is 164 Å².